The van der Waals surface area contributed by atoms with E-state index < -0.39 is 0 Å². The van der Waals surface area contributed by atoms with Crippen LogP contribution < -0.4 is 10.2 Å². The monoisotopic (exact) mass is 284 g/mol. The molecular weight excluding hydrogens is 260 g/mol. The Bertz CT molecular complexity index is 587. The molecule has 1 aromatic heterocycles. The smallest absolute Gasteiger partial charge is 0.134 e. The first-order valence-corrected chi connectivity index (χ1v) is 7.22. The summed E-state index contributed by atoms with van der Waals surface area (Å²) >= 11 is 0. The van der Waals surface area contributed by atoms with Crippen molar-refractivity contribution in [1.82, 2.24) is 9.97 Å². The van der Waals surface area contributed by atoms with Crippen molar-refractivity contribution in [2.24, 2.45) is 0 Å². The Balaban J connectivity index is 2.19. The summed E-state index contributed by atoms with van der Waals surface area (Å²) in [7, 11) is 2.05. The highest BCUT2D eigenvalue weighted by atomic mass is 15.2. The summed E-state index contributed by atoms with van der Waals surface area (Å²) in [4.78, 5) is 11.1. The van der Waals surface area contributed by atoms with Gasteiger partial charge in [-0.15, -0.1) is 0 Å². The van der Waals surface area contributed by atoms with E-state index in [2.05, 4.69) is 72.3 Å². The topological polar surface area (TPSA) is 41.1 Å². The molecule has 1 N–H and O–H groups in total. The number of aromatic nitrogens is 2. The third-order valence-electron chi connectivity index (χ3n) is 2.98. The molecule has 0 aliphatic carbocycles. The third kappa shape index (κ3) is 4.74. The van der Waals surface area contributed by atoms with E-state index in [1.165, 1.54) is 5.56 Å². The van der Waals surface area contributed by atoms with Gasteiger partial charge in [-0.2, -0.15) is 0 Å². The van der Waals surface area contributed by atoms with E-state index in [9.17, 15) is 0 Å². The van der Waals surface area contributed by atoms with Crippen LogP contribution in [0.5, 0.6) is 0 Å². The highest BCUT2D eigenvalue weighted by molar-refractivity contribution is 5.50. The summed E-state index contributed by atoms with van der Waals surface area (Å²) in [5.41, 5.74) is 1.25. The maximum Gasteiger partial charge on any atom is 0.134 e. The predicted molar refractivity (Wildman–Crippen MR) is 88.7 cm³/mol. The molecule has 0 amide bonds. The van der Waals surface area contributed by atoms with E-state index in [1.807, 2.05) is 19.1 Å². The van der Waals surface area contributed by atoms with Crippen LogP contribution in [0, 0.1) is 6.92 Å². The number of hydrogen-bond acceptors (Lipinski definition) is 4. The van der Waals surface area contributed by atoms with Crippen molar-refractivity contribution in [2.75, 3.05) is 17.3 Å². The molecule has 112 valence electrons. The molecule has 0 spiro atoms. The van der Waals surface area contributed by atoms with Crippen molar-refractivity contribution in [3.8, 4) is 0 Å². The van der Waals surface area contributed by atoms with Gasteiger partial charge in [-0.3, -0.25) is 0 Å². The molecule has 21 heavy (non-hydrogen) atoms. The molecule has 0 radical (unpaired) electrons. The summed E-state index contributed by atoms with van der Waals surface area (Å²) in [5.74, 6) is 2.57. The van der Waals surface area contributed by atoms with Crippen molar-refractivity contribution >= 4 is 11.6 Å². The van der Waals surface area contributed by atoms with Crippen molar-refractivity contribution in [3.63, 3.8) is 0 Å². The molecular formula is C17H24N4. The molecule has 0 atom stereocenters. The molecule has 4 heteroatoms. The van der Waals surface area contributed by atoms with Crippen molar-refractivity contribution in [2.45, 2.75) is 39.8 Å². The second-order valence-corrected chi connectivity index (χ2v) is 6.38. The van der Waals surface area contributed by atoms with Crippen LogP contribution >= 0.6 is 0 Å². The molecule has 1 heterocycles. The van der Waals surface area contributed by atoms with E-state index in [4.69, 9.17) is 0 Å². The fourth-order valence-corrected chi connectivity index (χ4v) is 2.13. The van der Waals surface area contributed by atoms with Crippen LogP contribution in [0.3, 0.4) is 0 Å². The van der Waals surface area contributed by atoms with Gasteiger partial charge in [0.15, 0.2) is 0 Å². The van der Waals surface area contributed by atoms with Crippen LogP contribution in [-0.2, 0) is 6.54 Å². The Morgan fingerprint density at radius 3 is 2.38 bits per heavy atom. The summed E-state index contributed by atoms with van der Waals surface area (Å²) in [6.07, 6.45) is 0. The first-order valence-electron chi connectivity index (χ1n) is 7.22. The molecule has 4 nitrogen and oxygen atoms in total. The maximum atomic E-state index is 4.53. The lowest BCUT2D eigenvalue weighted by Gasteiger charge is -2.24. The Labute approximate surface area is 127 Å². The number of nitrogens with one attached hydrogen (secondary N) is 1. The van der Waals surface area contributed by atoms with Crippen molar-refractivity contribution < 1.29 is 0 Å². The van der Waals surface area contributed by atoms with Gasteiger partial charge in [0.1, 0.15) is 17.5 Å². The Hall–Kier alpha value is -2.10. The van der Waals surface area contributed by atoms with Gasteiger partial charge in [0.2, 0.25) is 0 Å². The van der Waals surface area contributed by atoms with E-state index in [1.54, 1.807) is 0 Å². The minimum Gasteiger partial charge on any atom is -0.365 e. The van der Waals surface area contributed by atoms with Gasteiger partial charge in [0.25, 0.3) is 0 Å². The Morgan fingerprint density at radius 1 is 1.10 bits per heavy atom. The molecule has 0 fully saturated rings. The zero-order valence-electron chi connectivity index (χ0n) is 13.5. The fourth-order valence-electron chi connectivity index (χ4n) is 2.13. The summed E-state index contributed by atoms with van der Waals surface area (Å²) in [6.45, 7) is 9.12. The lowest BCUT2D eigenvalue weighted by Crippen LogP contribution is -2.27. The zero-order valence-corrected chi connectivity index (χ0v) is 13.5. The van der Waals surface area contributed by atoms with Crippen molar-refractivity contribution in [3.05, 3.63) is 47.8 Å². The molecule has 2 rings (SSSR count). The Morgan fingerprint density at radius 2 is 1.76 bits per heavy atom. The number of nitrogens with zero attached hydrogens (tertiary/aromatic N) is 3. The number of benzene rings is 1. The van der Waals surface area contributed by atoms with Crippen LogP contribution in [0.25, 0.3) is 0 Å². The van der Waals surface area contributed by atoms with E-state index in [0.29, 0.717) is 0 Å². The van der Waals surface area contributed by atoms with Gasteiger partial charge in [0.05, 0.1) is 0 Å². The average Bonchev–Trinajstić information content (AvgIpc) is 2.37. The number of hydrogen-bond donors (Lipinski definition) is 1. The van der Waals surface area contributed by atoms with Gasteiger partial charge in [-0.1, -0.05) is 30.3 Å². The number of aryl methyl sites for hydroxylation is 1. The molecule has 0 aliphatic rings. The highest BCUT2D eigenvalue weighted by Crippen LogP contribution is 2.19. The minimum atomic E-state index is -0.0178. The molecule has 0 aliphatic heterocycles. The molecule has 1 aromatic carbocycles. The summed E-state index contributed by atoms with van der Waals surface area (Å²) in [5, 5.41) is 3.40. The van der Waals surface area contributed by atoms with Crippen LogP contribution in [-0.4, -0.2) is 22.6 Å². The van der Waals surface area contributed by atoms with Gasteiger partial charge in [-0.05, 0) is 33.3 Å². The normalized spacial score (nSPS) is 11.3. The zero-order chi connectivity index (χ0) is 15.5. The number of anilines is 2. The standard InChI is InChI=1S/C17H24N4/c1-13-18-15(20-17(2,3)4)11-16(19-13)21(5)12-14-9-7-6-8-10-14/h6-11H,12H2,1-5H3,(H,18,19,20). The van der Waals surface area contributed by atoms with Crippen molar-refractivity contribution in [1.29, 1.82) is 0 Å². The van der Waals surface area contributed by atoms with E-state index in [-0.39, 0.29) is 5.54 Å². The minimum absolute atomic E-state index is 0.0178. The third-order valence-corrected chi connectivity index (χ3v) is 2.98. The summed E-state index contributed by atoms with van der Waals surface area (Å²) < 4.78 is 0. The first kappa shape index (κ1) is 15.3. The SMILES string of the molecule is Cc1nc(NC(C)(C)C)cc(N(C)Cc2ccccc2)n1. The van der Waals surface area contributed by atoms with Crippen LogP contribution in [0.15, 0.2) is 36.4 Å². The van der Waals surface area contributed by atoms with Crippen LogP contribution in [0.4, 0.5) is 11.6 Å². The first-order chi connectivity index (χ1) is 9.83. The van der Waals surface area contributed by atoms with Gasteiger partial charge in [-0.25, -0.2) is 9.97 Å². The van der Waals surface area contributed by atoms with Crippen LogP contribution in [0.2, 0.25) is 0 Å². The van der Waals surface area contributed by atoms with Gasteiger partial charge in [0, 0.05) is 25.2 Å². The van der Waals surface area contributed by atoms with E-state index >= 15 is 0 Å². The fraction of sp³-hybridized carbons (Fsp3) is 0.412. The Kier molecular flexibility index (Phi) is 4.46. The van der Waals surface area contributed by atoms with E-state index in [0.717, 1.165) is 24.0 Å². The average molecular weight is 284 g/mol. The van der Waals surface area contributed by atoms with Gasteiger partial charge >= 0.3 is 0 Å². The predicted octanol–water partition coefficient (Wildman–Crippen LogP) is 3.63. The maximum absolute atomic E-state index is 4.53. The highest BCUT2D eigenvalue weighted by Gasteiger charge is 2.13. The lowest BCUT2D eigenvalue weighted by molar-refractivity contribution is 0.629. The molecule has 0 unspecified atom stereocenters. The molecule has 2 aromatic rings. The van der Waals surface area contributed by atoms with Gasteiger partial charge < -0.3 is 10.2 Å². The second kappa shape index (κ2) is 6.12. The molecule has 0 saturated heterocycles. The largest absolute Gasteiger partial charge is 0.365 e. The molecule has 0 bridgehead atoms. The lowest BCUT2D eigenvalue weighted by atomic mass is 10.1. The number of rotatable bonds is 4. The summed E-state index contributed by atoms with van der Waals surface area (Å²) in [6, 6.07) is 12.4. The van der Waals surface area contributed by atoms with Crippen LogP contribution in [0.1, 0.15) is 32.2 Å². The quantitative estimate of drug-likeness (QED) is 0.930. The molecule has 0 saturated carbocycles. The second-order valence-electron chi connectivity index (χ2n) is 6.38.